The van der Waals surface area contributed by atoms with E-state index in [1.807, 2.05) is 24.3 Å². The number of rotatable bonds is 6. The van der Waals surface area contributed by atoms with E-state index < -0.39 is 6.10 Å². The number of nitrogens with two attached hydrogens (primary N) is 1. The van der Waals surface area contributed by atoms with Crippen LogP contribution in [0, 0.1) is 5.92 Å². The van der Waals surface area contributed by atoms with Crippen LogP contribution >= 0.6 is 0 Å². The number of benzene rings is 1. The van der Waals surface area contributed by atoms with Gasteiger partial charge in [-0.25, -0.2) is 0 Å². The van der Waals surface area contributed by atoms with Crippen LogP contribution in [-0.4, -0.2) is 18.3 Å². The first-order valence-corrected chi connectivity index (χ1v) is 6.90. The third-order valence-corrected chi connectivity index (χ3v) is 3.64. The Kier molecular flexibility index (Phi) is 5.02. The maximum Gasteiger partial charge on any atom is 0.119 e. The van der Waals surface area contributed by atoms with E-state index in [0.717, 1.165) is 17.9 Å². The fourth-order valence-electron chi connectivity index (χ4n) is 2.53. The van der Waals surface area contributed by atoms with Crippen molar-refractivity contribution >= 4 is 0 Å². The lowest BCUT2D eigenvalue weighted by Gasteiger charge is -2.14. The van der Waals surface area contributed by atoms with Crippen LogP contribution in [0.4, 0.5) is 0 Å². The number of aliphatic hydroxyl groups excluding tert-OH is 1. The van der Waals surface area contributed by atoms with Crippen LogP contribution in [0.1, 0.15) is 43.8 Å². The monoisotopic (exact) mass is 249 g/mol. The molecule has 1 unspecified atom stereocenters. The normalized spacial score (nSPS) is 17.9. The highest BCUT2D eigenvalue weighted by Crippen LogP contribution is 2.26. The molecule has 1 aliphatic rings. The van der Waals surface area contributed by atoms with Gasteiger partial charge in [0.25, 0.3) is 0 Å². The average Bonchev–Trinajstić information content (AvgIpc) is 2.90. The van der Waals surface area contributed by atoms with Crippen molar-refractivity contribution in [2.75, 3.05) is 13.2 Å². The zero-order valence-electron chi connectivity index (χ0n) is 10.8. The van der Waals surface area contributed by atoms with Gasteiger partial charge in [-0.1, -0.05) is 25.0 Å². The molecular weight excluding hydrogens is 226 g/mol. The minimum atomic E-state index is -0.481. The predicted molar refractivity (Wildman–Crippen MR) is 72.5 cm³/mol. The van der Waals surface area contributed by atoms with Gasteiger partial charge in [0.15, 0.2) is 0 Å². The summed E-state index contributed by atoms with van der Waals surface area (Å²) in [7, 11) is 0. The maximum atomic E-state index is 9.89. The highest BCUT2D eigenvalue weighted by atomic mass is 16.5. The quantitative estimate of drug-likeness (QED) is 0.815. The molecule has 0 spiro atoms. The number of hydrogen-bond acceptors (Lipinski definition) is 3. The van der Waals surface area contributed by atoms with Gasteiger partial charge in [0, 0.05) is 0 Å². The molecule has 18 heavy (non-hydrogen) atoms. The first kappa shape index (κ1) is 13.4. The summed E-state index contributed by atoms with van der Waals surface area (Å²) in [6, 6.07) is 7.73. The topological polar surface area (TPSA) is 55.5 Å². The summed E-state index contributed by atoms with van der Waals surface area (Å²) >= 11 is 0. The summed E-state index contributed by atoms with van der Waals surface area (Å²) < 4.78 is 5.82. The van der Waals surface area contributed by atoms with Gasteiger partial charge < -0.3 is 15.6 Å². The molecule has 1 aromatic rings. The number of aliphatic hydroxyl groups is 1. The van der Waals surface area contributed by atoms with Crippen LogP contribution in [0.15, 0.2) is 24.3 Å². The molecule has 0 heterocycles. The molecule has 1 aliphatic carbocycles. The molecule has 1 fully saturated rings. The SMILES string of the molecule is NCCC(O)c1cccc(OCC2CCCC2)c1. The van der Waals surface area contributed by atoms with E-state index in [0.29, 0.717) is 18.9 Å². The minimum Gasteiger partial charge on any atom is -0.493 e. The van der Waals surface area contributed by atoms with E-state index in [9.17, 15) is 5.11 Å². The Labute approximate surface area is 109 Å². The molecule has 0 radical (unpaired) electrons. The molecule has 0 aromatic heterocycles. The molecule has 0 amide bonds. The highest BCUT2D eigenvalue weighted by molar-refractivity contribution is 5.29. The lowest BCUT2D eigenvalue weighted by molar-refractivity contribution is 0.169. The van der Waals surface area contributed by atoms with E-state index in [1.54, 1.807) is 0 Å². The first-order valence-electron chi connectivity index (χ1n) is 6.90. The summed E-state index contributed by atoms with van der Waals surface area (Å²) in [5.41, 5.74) is 6.35. The summed E-state index contributed by atoms with van der Waals surface area (Å²) in [4.78, 5) is 0. The molecule has 100 valence electrons. The molecular formula is C15H23NO2. The van der Waals surface area contributed by atoms with Gasteiger partial charge >= 0.3 is 0 Å². The molecule has 0 saturated heterocycles. The molecule has 3 heteroatoms. The zero-order valence-corrected chi connectivity index (χ0v) is 10.8. The molecule has 1 aromatic carbocycles. The van der Waals surface area contributed by atoms with Gasteiger partial charge in [-0.15, -0.1) is 0 Å². The molecule has 3 nitrogen and oxygen atoms in total. The van der Waals surface area contributed by atoms with Crippen LogP contribution in [0.3, 0.4) is 0 Å². The van der Waals surface area contributed by atoms with Crippen LogP contribution in [0.5, 0.6) is 5.75 Å². The maximum absolute atomic E-state index is 9.89. The van der Waals surface area contributed by atoms with Crippen molar-refractivity contribution in [3.8, 4) is 5.75 Å². The van der Waals surface area contributed by atoms with E-state index in [-0.39, 0.29) is 0 Å². The van der Waals surface area contributed by atoms with Gasteiger partial charge in [0.2, 0.25) is 0 Å². The van der Waals surface area contributed by atoms with Crippen molar-refractivity contribution in [1.29, 1.82) is 0 Å². The van der Waals surface area contributed by atoms with E-state index in [4.69, 9.17) is 10.5 Å². The van der Waals surface area contributed by atoms with Crippen molar-refractivity contribution in [3.05, 3.63) is 29.8 Å². The highest BCUT2D eigenvalue weighted by Gasteiger charge is 2.15. The van der Waals surface area contributed by atoms with Crippen LogP contribution in [-0.2, 0) is 0 Å². The van der Waals surface area contributed by atoms with Crippen molar-refractivity contribution < 1.29 is 9.84 Å². The Balaban J connectivity index is 1.89. The van der Waals surface area contributed by atoms with Crippen molar-refractivity contribution in [2.45, 2.75) is 38.2 Å². The van der Waals surface area contributed by atoms with Gasteiger partial charge in [-0.3, -0.25) is 0 Å². The third-order valence-electron chi connectivity index (χ3n) is 3.64. The largest absolute Gasteiger partial charge is 0.493 e. The lowest BCUT2D eigenvalue weighted by atomic mass is 10.1. The first-order chi connectivity index (χ1) is 8.79. The van der Waals surface area contributed by atoms with E-state index in [1.165, 1.54) is 25.7 Å². The smallest absolute Gasteiger partial charge is 0.119 e. The van der Waals surface area contributed by atoms with Crippen molar-refractivity contribution in [2.24, 2.45) is 11.7 Å². The number of ether oxygens (including phenoxy) is 1. The minimum absolute atomic E-state index is 0.481. The summed E-state index contributed by atoms with van der Waals surface area (Å²) in [6.07, 6.45) is 5.36. The van der Waals surface area contributed by atoms with Gasteiger partial charge in [-0.05, 0) is 49.4 Å². The lowest BCUT2D eigenvalue weighted by Crippen LogP contribution is -2.09. The predicted octanol–water partition coefficient (Wildman–Crippen LogP) is 2.64. The molecule has 2 rings (SSSR count). The summed E-state index contributed by atoms with van der Waals surface area (Å²) in [5.74, 6) is 1.57. The van der Waals surface area contributed by atoms with Crippen LogP contribution in [0.25, 0.3) is 0 Å². The van der Waals surface area contributed by atoms with Crippen molar-refractivity contribution in [1.82, 2.24) is 0 Å². The van der Waals surface area contributed by atoms with E-state index in [2.05, 4.69) is 0 Å². The van der Waals surface area contributed by atoms with E-state index >= 15 is 0 Å². The Bertz CT molecular complexity index is 361. The second-order valence-corrected chi connectivity index (χ2v) is 5.13. The number of hydrogen-bond donors (Lipinski definition) is 2. The summed E-state index contributed by atoms with van der Waals surface area (Å²) in [6.45, 7) is 1.30. The second-order valence-electron chi connectivity index (χ2n) is 5.13. The Hall–Kier alpha value is -1.06. The summed E-state index contributed by atoms with van der Waals surface area (Å²) in [5, 5.41) is 9.89. The van der Waals surface area contributed by atoms with Gasteiger partial charge in [0.05, 0.1) is 12.7 Å². The van der Waals surface area contributed by atoms with Crippen LogP contribution < -0.4 is 10.5 Å². The Morgan fingerprint density at radius 2 is 2.11 bits per heavy atom. The van der Waals surface area contributed by atoms with Gasteiger partial charge in [0.1, 0.15) is 5.75 Å². The fraction of sp³-hybridized carbons (Fsp3) is 0.600. The van der Waals surface area contributed by atoms with Gasteiger partial charge in [-0.2, -0.15) is 0 Å². The molecule has 1 atom stereocenters. The third kappa shape index (κ3) is 3.72. The molecule has 3 N–H and O–H groups in total. The zero-order chi connectivity index (χ0) is 12.8. The average molecular weight is 249 g/mol. The second kappa shape index (κ2) is 6.76. The fourth-order valence-corrected chi connectivity index (χ4v) is 2.53. The Morgan fingerprint density at radius 3 is 2.83 bits per heavy atom. The Morgan fingerprint density at radius 1 is 1.33 bits per heavy atom. The molecule has 0 bridgehead atoms. The van der Waals surface area contributed by atoms with Crippen LogP contribution in [0.2, 0.25) is 0 Å². The molecule has 1 saturated carbocycles. The standard InChI is InChI=1S/C15H23NO2/c16-9-8-15(17)13-6-3-7-14(10-13)18-11-12-4-1-2-5-12/h3,6-7,10,12,15,17H,1-2,4-5,8-9,11,16H2. The molecule has 0 aliphatic heterocycles. The van der Waals surface area contributed by atoms with Crippen molar-refractivity contribution in [3.63, 3.8) is 0 Å².